The molecule has 2 N–H and O–H groups in total. The molecule has 0 unspecified atom stereocenters. The maximum absolute atomic E-state index is 12.6. The summed E-state index contributed by atoms with van der Waals surface area (Å²) in [5.41, 5.74) is 1.61. The minimum absolute atomic E-state index is 0.0146. The highest BCUT2D eigenvalue weighted by Crippen LogP contribution is 2.27. The van der Waals surface area contributed by atoms with E-state index < -0.39 is 0 Å². The minimum Gasteiger partial charge on any atom is -0.354 e. The summed E-state index contributed by atoms with van der Waals surface area (Å²) in [6.45, 7) is 3.34. The lowest BCUT2D eigenvalue weighted by atomic mass is 9.92. The van der Waals surface area contributed by atoms with Crippen molar-refractivity contribution in [3.8, 4) is 0 Å². The lowest BCUT2D eigenvalue weighted by Crippen LogP contribution is -2.51. The van der Waals surface area contributed by atoms with Crippen molar-refractivity contribution in [1.82, 2.24) is 25.4 Å². The van der Waals surface area contributed by atoms with Crippen LogP contribution in [0.25, 0.3) is 0 Å². The Bertz CT molecular complexity index is 767. The van der Waals surface area contributed by atoms with Crippen LogP contribution < -0.4 is 10.6 Å². The van der Waals surface area contributed by atoms with Crippen LogP contribution >= 0.6 is 0 Å². The number of carbonyl (C=O) groups is 3. The molecule has 0 aromatic carbocycles. The van der Waals surface area contributed by atoms with Crippen molar-refractivity contribution in [1.29, 1.82) is 0 Å². The van der Waals surface area contributed by atoms with Crippen LogP contribution in [0.5, 0.6) is 0 Å². The number of aromatic nitrogens is 1. The SMILES string of the molecule is O=C1CN(CC(=O)N2CCC(c3ccc(C(=O)NC4CCCC4)cn3)CC2)CCN1. The number of rotatable bonds is 5. The molecule has 2 saturated heterocycles. The summed E-state index contributed by atoms with van der Waals surface area (Å²) in [4.78, 5) is 44.8. The molecule has 0 bridgehead atoms. The quantitative estimate of drug-likeness (QED) is 0.748. The molecule has 2 aliphatic heterocycles. The highest BCUT2D eigenvalue weighted by atomic mass is 16.2. The number of nitrogens with one attached hydrogen (secondary N) is 2. The van der Waals surface area contributed by atoms with Crippen LogP contribution in [0, 0.1) is 0 Å². The van der Waals surface area contributed by atoms with Gasteiger partial charge in [-0.1, -0.05) is 12.8 Å². The molecule has 1 aromatic rings. The Labute approximate surface area is 177 Å². The third-order valence-corrected chi connectivity index (χ3v) is 6.48. The van der Waals surface area contributed by atoms with Gasteiger partial charge in [0.15, 0.2) is 0 Å². The number of amides is 3. The second kappa shape index (κ2) is 9.55. The number of hydrogen-bond donors (Lipinski definition) is 2. The maximum Gasteiger partial charge on any atom is 0.253 e. The molecule has 1 aromatic heterocycles. The number of nitrogens with zero attached hydrogens (tertiary/aromatic N) is 3. The number of likely N-dealkylation sites (tertiary alicyclic amines) is 1. The monoisotopic (exact) mass is 413 g/mol. The Hall–Kier alpha value is -2.48. The summed E-state index contributed by atoms with van der Waals surface area (Å²) in [6, 6.07) is 4.13. The van der Waals surface area contributed by atoms with E-state index in [1.54, 1.807) is 6.20 Å². The van der Waals surface area contributed by atoms with E-state index in [0.717, 1.165) is 37.9 Å². The van der Waals surface area contributed by atoms with Crippen LogP contribution in [0.4, 0.5) is 0 Å². The molecule has 3 amide bonds. The van der Waals surface area contributed by atoms with Gasteiger partial charge in [0.25, 0.3) is 5.91 Å². The number of piperazine rings is 1. The average Bonchev–Trinajstić information content (AvgIpc) is 3.27. The van der Waals surface area contributed by atoms with Crippen LogP contribution in [-0.2, 0) is 9.59 Å². The van der Waals surface area contributed by atoms with E-state index in [1.807, 2.05) is 21.9 Å². The molecule has 3 heterocycles. The van der Waals surface area contributed by atoms with Gasteiger partial charge in [-0.05, 0) is 37.8 Å². The van der Waals surface area contributed by atoms with Crippen LogP contribution in [0.2, 0.25) is 0 Å². The number of pyridine rings is 1. The van der Waals surface area contributed by atoms with E-state index in [0.29, 0.717) is 50.2 Å². The summed E-state index contributed by atoms with van der Waals surface area (Å²) < 4.78 is 0. The fourth-order valence-electron chi connectivity index (χ4n) is 4.66. The number of piperidine rings is 1. The Kier molecular flexibility index (Phi) is 6.62. The van der Waals surface area contributed by atoms with Crippen molar-refractivity contribution in [3.63, 3.8) is 0 Å². The van der Waals surface area contributed by atoms with Crippen molar-refractivity contribution in [2.45, 2.75) is 50.5 Å². The third-order valence-electron chi connectivity index (χ3n) is 6.48. The highest BCUT2D eigenvalue weighted by Gasteiger charge is 2.27. The second-order valence-electron chi connectivity index (χ2n) is 8.64. The van der Waals surface area contributed by atoms with E-state index in [1.165, 1.54) is 12.8 Å². The molecule has 0 radical (unpaired) electrons. The predicted octanol–water partition coefficient (Wildman–Crippen LogP) is 0.892. The molecule has 1 aliphatic carbocycles. The molecule has 4 rings (SSSR count). The van der Waals surface area contributed by atoms with Gasteiger partial charge in [0.2, 0.25) is 11.8 Å². The summed E-state index contributed by atoms with van der Waals surface area (Å²) in [5, 5.41) is 5.88. The molecule has 1 saturated carbocycles. The smallest absolute Gasteiger partial charge is 0.253 e. The predicted molar refractivity (Wildman–Crippen MR) is 112 cm³/mol. The topological polar surface area (TPSA) is 94.6 Å². The Morgan fingerprint density at radius 2 is 1.87 bits per heavy atom. The van der Waals surface area contributed by atoms with E-state index in [-0.39, 0.29) is 17.7 Å². The van der Waals surface area contributed by atoms with Gasteiger partial charge >= 0.3 is 0 Å². The minimum atomic E-state index is -0.0345. The largest absolute Gasteiger partial charge is 0.354 e. The van der Waals surface area contributed by atoms with Gasteiger partial charge in [0.1, 0.15) is 0 Å². The van der Waals surface area contributed by atoms with Gasteiger partial charge in [-0.25, -0.2) is 0 Å². The van der Waals surface area contributed by atoms with Crippen molar-refractivity contribution >= 4 is 17.7 Å². The van der Waals surface area contributed by atoms with Gasteiger partial charge in [0.05, 0.1) is 18.7 Å². The zero-order valence-electron chi connectivity index (χ0n) is 17.4. The standard InChI is InChI=1S/C22H31N5O3/c28-20-14-26(12-9-23-20)15-21(29)27-10-7-16(8-11-27)19-6-5-17(13-24-19)22(30)25-18-3-1-2-4-18/h5-6,13,16,18H,1-4,7-12,14-15H2,(H,23,28)(H,25,30). The fraction of sp³-hybridized carbons (Fsp3) is 0.636. The van der Waals surface area contributed by atoms with Crippen LogP contribution in [-0.4, -0.2) is 77.8 Å². The first kappa shape index (κ1) is 20.8. The molecule has 3 aliphatic rings. The van der Waals surface area contributed by atoms with Crippen LogP contribution in [0.15, 0.2) is 18.3 Å². The van der Waals surface area contributed by atoms with Crippen LogP contribution in [0.1, 0.15) is 60.5 Å². The Morgan fingerprint density at radius 1 is 1.10 bits per heavy atom. The highest BCUT2D eigenvalue weighted by molar-refractivity contribution is 5.94. The summed E-state index contributed by atoms with van der Waals surface area (Å²) in [7, 11) is 0. The lowest BCUT2D eigenvalue weighted by molar-refractivity contribution is -0.134. The first-order valence-corrected chi connectivity index (χ1v) is 11.1. The van der Waals surface area contributed by atoms with Crippen molar-refractivity contribution < 1.29 is 14.4 Å². The van der Waals surface area contributed by atoms with Crippen molar-refractivity contribution in [2.24, 2.45) is 0 Å². The van der Waals surface area contributed by atoms with Gasteiger partial charge in [-0.15, -0.1) is 0 Å². The van der Waals surface area contributed by atoms with Crippen molar-refractivity contribution in [2.75, 3.05) is 39.3 Å². The zero-order valence-corrected chi connectivity index (χ0v) is 17.4. The molecular formula is C22H31N5O3. The van der Waals surface area contributed by atoms with E-state index >= 15 is 0 Å². The fourth-order valence-corrected chi connectivity index (χ4v) is 4.66. The summed E-state index contributed by atoms with van der Waals surface area (Å²) >= 11 is 0. The third kappa shape index (κ3) is 5.16. The zero-order chi connectivity index (χ0) is 20.9. The molecular weight excluding hydrogens is 382 g/mol. The van der Waals surface area contributed by atoms with E-state index in [9.17, 15) is 14.4 Å². The van der Waals surface area contributed by atoms with Crippen LogP contribution in [0.3, 0.4) is 0 Å². The van der Waals surface area contributed by atoms with Crippen molar-refractivity contribution in [3.05, 3.63) is 29.6 Å². The van der Waals surface area contributed by atoms with Gasteiger partial charge in [0, 0.05) is 50.0 Å². The normalized spacial score (nSPS) is 21.5. The van der Waals surface area contributed by atoms with Gasteiger partial charge in [-0.2, -0.15) is 0 Å². The number of carbonyl (C=O) groups excluding carboxylic acids is 3. The second-order valence-corrected chi connectivity index (χ2v) is 8.64. The van der Waals surface area contributed by atoms with Gasteiger partial charge < -0.3 is 15.5 Å². The van der Waals surface area contributed by atoms with E-state index in [2.05, 4.69) is 15.6 Å². The number of hydrogen-bond acceptors (Lipinski definition) is 5. The molecule has 0 atom stereocenters. The maximum atomic E-state index is 12.6. The first-order valence-electron chi connectivity index (χ1n) is 11.1. The summed E-state index contributed by atoms with van der Waals surface area (Å²) in [5.74, 6) is 0.351. The molecule has 30 heavy (non-hydrogen) atoms. The molecule has 0 spiro atoms. The Morgan fingerprint density at radius 3 is 2.53 bits per heavy atom. The molecule has 3 fully saturated rings. The lowest BCUT2D eigenvalue weighted by Gasteiger charge is -2.34. The molecule has 162 valence electrons. The average molecular weight is 414 g/mol. The molecule has 8 nitrogen and oxygen atoms in total. The molecule has 8 heteroatoms. The first-order chi connectivity index (χ1) is 14.6. The Balaban J connectivity index is 1.25. The van der Waals surface area contributed by atoms with Gasteiger partial charge in [-0.3, -0.25) is 24.3 Å². The summed E-state index contributed by atoms with van der Waals surface area (Å²) in [6.07, 6.45) is 7.94. The van der Waals surface area contributed by atoms with E-state index in [4.69, 9.17) is 0 Å².